The van der Waals surface area contributed by atoms with E-state index in [2.05, 4.69) is 17.4 Å². The SMILES string of the molecule is CC.OC(CC1CCCCN1)c1ccc2c(c1)oc1ccccc12. The highest BCUT2D eigenvalue weighted by Gasteiger charge is 2.19. The van der Waals surface area contributed by atoms with E-state index in [0.29, 0.717) is 6.04 Å². The van der Waals surface area contributed by atoms with E-state index in [9.17, 15) is 5.11 Å². The molecule has 0 spiro atoms. The first-order valence-corrected chi connectivity index (χ1v) is 9.14. The number of hydrogen-bond donors (Lipinski definition) is 2. The molecule has 0 saturated carbocycles. The van der Waals surface area contributed by atoms with Gasteiger partial charge in [-0.15, -0.1) is 0 Å². The molecule has 0 radical (unpaired) electrons. The number of fused-ring (bicyclic) bond motifs is 3. The van der Waals surface area contributed by atoms with Crippen LogP contribution in [0.15, 0.2) is 46.9 Å². The van der Waals surface area contributed by atoms with Crippen molar-refractivity contribution >= 4 is 21.9 Å². The lowest BCUT2D eigenvalue weighted by Gasteiger charge is -2.25. The van der Waals surface area contributed by atoms with Gasteiger partial charge in [-0.25, -0.2) is 0 Å². The van der Waals surface area contributed by atoms with E-state index in [1.807, 2.05) is 44.2 Å². The van der Waals surface area contributed by atoms with E-state index in [0.717, 1.165) is 46.9 Å². The van der Waals surface area contributed by atoms with Crippen LogP contribution in [0.4, 0.5) is 0 Å². The van der Waals surface area contributed by atoms with Crippen molar-refractivity contribution in [2.24, 2.45) is 0 Å². The Hall–Kier alpha value is -1.84. The van der Waals surface area contributed by atoms with Crippen LogP contribution in [-0.4, -0.2) is 17.7 Å². The van der Waals surface area contributed by atoms with Gasteiger partial charge in [-0.2, -0.15) is 0 Å². The highest BCUT2D eigenvalue weighted by atomic mass is 16.3. The smallest absolute Gasteiger partial charge is 0.135 e. The predicted molar refractivity (Wildman–Crippen MR) is 100 cm³/mol. The third-order valence-corrected chi connectivity index (χ3v) is 4.71. The van der Waals surface area contributed by atoms with Crippen molar-refractivity contribution in [3.63, 3.8) is 0 Å². The Labute approximate surface area is 143 Å². The molecule has 1 fully saturated rings. The van der Waals surface area contributed by atoms with Crippen molar-refractivity contribution in [2.75, 3.05) is 6.54 Å². The molecule has 2 unspecified atom stereocenters. The van der Waals surface area contributed by atoms with Crippen molar-refractivity contribution in [1.29, 1.82) is 0 Å². The van der Waals surface area contributed by atoms with Crippen molar-refractivity contribution in [3.8, 4) is 0 Å². The first-order chi connectivity index (χ1) is 11.8. The van der Waals surface area contributed by atoms with Crippen LogP contribution in [0.3, 0.4) is 0 Å². The van der Waals surface area contributed by atoms with E-state index in [1.54, 1.807) is 0 Å². The molecular formula is C21H27NO2. The van der Waals surface area contributed by atoms with Gasteiger partial charge in [0.1, 0.15) is 11.2 Å². The van der Waals surface area contributed by atoms with E-state index in [1.165, 1.54) is 12.8 Å². The average Bonchev–Trinajstić information content (AvgIpc) is 3.02. The molecule has 24 heavy (non-hydrogen) atoms. The standard InChI is InChI=1S/C19H21NO2.C2H6/c21-17(12-14-5-3-4-10-20-14)13-8-9-16-15-6-1-2-7-18(15)22-19(16)11-13;1-2/h1-2,6-9,11,14,17,20-21H,3-5,10,12H2;1-2H3. The molecule has 2 N–H and O–H groups in total. The largest absolute Gasteiger partial charge is 0.456 e. The molecule has 1 saturated heterocycles. The fraction of sp³-hybridized carbons (Fsp3) is 0.429. The van der Waals surface area contributed by atoms with Gasteiger partial charge >= 0.3 is 0 Å². The number of hydrogen-bond acceptors (Lipinski definition) is 3. The number of nitrogens with one attached hydrogen (secondary N) is 1. The van der Waals surface area contributed by atoms with Crippen LogP contribution in [0.25, 0.3) is 21.9 Å². The molecule has 1 aliphatic rings. The Bertz CT molecular complexity index is 787. The van der Waals surface area contributed by atoms with Crippen LogP contribution in [0.2, 0.25) is 0 Å². The summed E-state index contributed by atoms with van der Waals surface area (Å²) in [6.07, 6.45) is 3.99. The molecule has 128 valence electrons. The summed E-state index contributed by atoms with van der Waals surface area (Å²) in [6.45, 7) is 5.07. The quantitative estimate of drug-likeness (QED) is 0.697. The summed E-state index contributed by atoms with van der Waals surface area (Å²) >= 11 is 0. The van der Waals surface area contributed by atoms with Crippen LogP contribution in [-0.2, 0) is 0 Å². The Balaban J connectivity index is 0.000000815. The van der Waals surface area contributed by atoms with Crippen molar-refractivity contribution in [2.45, 2.75) is 51.7 Å². The summed E-state index contributed by atoms with van der Waals surface area (Å²) in [5.41, 5.74) is 2.70. The molecule has 1 aliphatic heterocycles. The van der Waals surface area contributed by atoms with Crippen LogP contribution in [0, 0.1) is 0 Å². The summed E-state index contributed by atoms with van der Waals surface area (Å²) in [7, 11) is 0. The first-order valence-electron chi connectivity index (χ1n) is 9.14. The van der Waals surface area contributed by atoms with E-state index in [-0.39, 0.29) is 0 Å². The Kier molecular flexibility index (Phi) is 5.54. The van der Waals surface area contributed by atoms with Crippen molar-refractivity contribution in [3.05, 3.63) is 48.0 Å². The maximum absolute atomic E-state index is 10.5. The van der Waals surface area contributed by atoms with Gasteiger partial charge < -0.3 is 14.8 Å². The molecular weight excluding hydrogens is 298 g/mol. The third-order valence-electron chi connectivity index (χ3n) is 4.71. The Morgan fingerprint density at radius 2 is 1.88 bits per heavy atom. The van der Waals surface area contributed by atoms with Gasteiger partial charge in [0.05, 0.1) is 6.10 Å². The van der Waals surface area contributed by atoms with Crippen LogP contribution in [0.5, 0.6) is 0 Å². The van der Waals surface area contributed by atoms with E-state index in [4.69, 9.17) is 4.42 Å². The summed E-state index contributed by atoms with van der Waals surface area (Å²) < 4.78 is 5.91. The molecule has 0 amide bonds. The first kappa shape index (κ1) is 17.0. The Morgan fingerprint density at radius 1 is 1.08 bits per heavy atom. The Morgan fingerprint density at radius 3 is 2.67 bits per heavy atom. The fourth-order valence-corrected chi connectivity index (χ4v) is 3.48. The van der Waals surface area contributed by atoms with Gasteiger partial charge in [0.2, 0.25) is 0 Å². The zero-order chi connectivity index (χ0) is 16.9. The second kappa shape index (κ2) is 7.82. The molecule has 3 heteroatoms. The maximum Gasteiger partial charge on any atom is 0.135 e. The fourth-order valence-electron chi connectivity index (χ4n) is 3.48. The number of aliphatic hydroxyl groups is 1. The lowest BCUT2D eigenvalue weighted by molar-refractivity contribution is 0.144. The van der Waals surface area contributed by atoms with Crippen LogP contribution < -0.4 is 5.32 Å². The zero-order valence-corrected chi connectivity index (χ0v) is 14.6. The molecule has 3 nitrogen and oxygen atoms in total. The molecule has 0 aliphatic carbocycles. The summed E-state index contributed by atoms with van der Waals surface area (Å²) in [4.78, 5) is 0. The van der Waals surface area contributed by atoms with E-state index < -0.39 is 6.10 Å². The van der Waals surface area contributed by atoms with Gasteiger partial charge in [-0.3, -0.25) is 0 Å². The molecule has 2 heterocycles. The zero-order valence-electron chi connectivity index (χ0n) is 14.6. The number of benzene rings is 2. The van der Waals surface area contributed by atoms with Crippen molar-refractivity contribution in [1.82, 2.24) is 5.32 Å². The van der Waals surface area contributed by atoms with E-state index >= 15 is 0 Å². The second-order valence-electron chi connectivity index (χ2n) is 6.25. The number of para-hydroxylation sites is 1. The molecule has 4 rings (SSSR count). The molecule has 2 atom stereocenters. The minimum absolute atomic E-state index is 0.426. The monoisotopic (exact) mass is 325 g/mol. The molecule has 0 bridgehead atoms. The summed E-state index contributed by atoms with van der Waals surface area (Å²) in [5.74, 6) is 0. The van der Waals surface area contributed by atoms with Gasteiger partial charge in [0, 0.05) is 16.8 Å². The summed E-state index contributed by atoms with van der Waals surface area (Å²) in [6, 6.07) is 14.6. The minimum Gasteiger partial charge on any atom is -0.456 e. The average molecular weight is 325 g/mol. The van der Waals surface area contributed by atoms with Gasteiger partial charge in [-0.05, 0) is 43.5 Å². The maximum atomic E-state index is 10.5. The second-order valence-corrected chi connectivity index (χ2v) is 6.25. The normalized spacial score (nSPS) is 19.0. The molecule has 2 aromatic carbocycles. The van der Waals surface area contributed by atoms with Crippen LogP contribution >= 0.6 is 0 Å². The number of aliphatic hydroxyl groups excluding tert-OH is 1. The molecule has 1 aromatic heterocycles. The number of furan rings is 1. The predicted octanol–water partition coefficient (Wildman–Crippen LogP) is 5.18. The van der Waals surface area contributed by atoms with Crippen LogP contribution in [0.1, 0.15) is 51.2 Å². The number of rotatable bonds is 3. The minimum atomic E-state index is -0.437. The molecule has 3 aromatic rings. The van der Waals surface area contributed by atoms with Gasteiger partial charge in [0.15, 0.2) is 0 Å². The van der Waals surface area contributed by atoms with Gasteiger partial charge in [-0.1, -0.05) is 50.6 Å². The highest BCUT2D eigenvalue weighted by Crippen LogP contribution is 2.31. The lowest BCUT2D eigenvalue weighted by Crippen LogP contribution is -2.35. The van der Waals surface area contributed by atoms with Crippen molar-refractivity contribution < 1.29 is 9.52 Å². The third kappa shape index (κ3) is 3.47. The van der Waals surface area contributed by atoms with Gasteiger partial charge in [0.25, 0.3) is 0 Å². The highest BCUT2D eigenvalue weighted by molar-refractivity contribution is 6.04. The number of piperidine rings is 1. The topological polar surface area (TPSA) is 45.4 Å². The lowest BCUT2D eigenvalue weighted by atomic mass is 9.95. The summed E-state index contributed by atoms with van der Waals surface area (Å²) in [5, 5.41) is 16.3.